The Bertz CT molecular complexity index is 447. The van der Waals surface area contributed by atoms with Crippen LogP contribution in [-0.2, 0) is 22.7 Å². The Balaban J connectivity index is 1.94. The number of benzene rings is 1. The van der Waals surface area contributed by atoms with Crippen LogP contribution in [0.15, 0.2) is 24.3 Å². The third-order valence-electron chi connectivity index (χ3n) is 3.55. The molecule has 1 heterocycles. The SMILES string of the molecule is COCc1ccc(CN2CCC(N)(C(=O)O)C2)cc1. The number of hydrogen-bond donors (Lipinski definition) is 2. The predicted octanol–water partition coefficient (Wildman–Crippen LogP) is 0.821. The minimum atomic E-state index is -1.09. The normalized spacial score (nSPS) is 23.7. The zero-order chi connectivity index (χ0) is 13.9. The van der Waals surface area contributed by atoms with Gasteiger partial charge in [0.05, 0.1) is 6.61 Å². The first-order valence-electron chi connectivity index (χ1n) is 6.35. The van der Waals surface area contributed by atoms with E-state index in [-0.39, 0.29) is 0 Å². The van der Waals surface area contributed by atoms with Crippen LogP contribution in [0.3, 0.4) is 0 Å². The number of likely N-dealkylation sites (tertiary alicyclic amines) is 1. The average Bonchev–Trinajstić information content (AvgIpc) is 2.75. The lowest BCUT2D eigenvalue weighted by Crippen LogP contribution is -2.50. The van der Waals surface area contributed by atoms with E-state index < -0.39 is 11.5 Å². The molecule has 2 rings (SSSR count). The lowest BCUT2D eigenvalue weighted by atomic mass is 10.0. The standard InChI is InChI=1S/C14H20N2O3/c1-19-9-12-4-2-11(3-5-12)8-16-7-6-14(15,10-16)13(17)18/h2-5H,6-10,15H2,1H3,(H,17,18). The third kappa shape index (κ3) is 3.32. The Labute approximate surface area is 113 Å². The minimum Gasteiger partial charge on any atom is -0.480 e. The van der Waals surface area contributed by atoms with Gasteiger partial charge in [0.25, 0.3) is 0 Å². The fourth-order valence-corrected chi connectivity index (χ4v) is 2.39. The molecule has 19 heavy (non-hydrogen) atoms. The van der Waals surface area contributed by atoms with Crippen LogP contribution >= 0.6 is 0 Å². The van der Waals surface area contributed by atoms with Crippen molar-refractivity contribution in [3.63, 3.8) is 0 Å². The molecule has 1 aromatic carbocycles. The second-order valence-electron chi connectivity index (χ2n) is 5.17. The molecule has 0 aliphatic carbocycles. The molecule has 0 amide bonds. The number of hydrogen-bond acceptors (Lipinski definition) is 4. The zero-order valence-corrected chi connectivity index (χ0v) is 11.1. The zero-order valence-electron chi connectivity index (χ0n) is 11.1. The van der Waals surface area contributed by atoms with Crippen molar-refractivity contribution in [1.82, 2.24) is 4.90 Å². The van der Waals surface area contributed by atoms with Crippen molar-refractivity contribution in [2.75, 3.05) is 20.2 Å². The summed E-state index contributed by atoms with van der Waals surface area (Å²) in [5.74, 6) is -0.912. The summed E-state index contributed by atoms with van der Waals surface area (Å²) in [5, 5.41) is 9.09. The van der Waals surface area contributed by atoms with Crippen LogP contribution in [0.5, 0.6) is 0 Å². The molecular weight excluding hydrogens is 244 g/mol. The molecule has 1 saturated heterocycles. The summed E-state index contributed by atoms with van der Waals surface area (Å²) in [6.45, 7) is 2.47. The molecule has 0 spiro atoms. The second kappa shape index (κ2) is 5.69. The number of carboxylic acids is 1. The number of nitrogens with two attached hydrogens (primary N) is 1. The van der Waals surface area contributed by atoms with Gasteiger partial charge < -0.3 is 15.6 Å². The lowest BCUT2D eigenvalue weighted by molar-refractivity contribution is -0.142. The van der Waals surface area contributed by atoms with Crippen molar-refractivity contribution in [3.05, 3.63) is 35.4 Å². The average molecular weight is 264 g/mol. The predicted molar refractivity (Wildman–Crippen MR) is 71.6 cm³/mol. The molecule has 1 aromatic rings. The Hall–Kier alpha value is -1.43. The van der Waals surface area contributed by atoms with Gasteiger partial charge >= 0.3 is 5.97 Å². The number of aliphatic carboxylic acids is 1. The summed E-state index contributed by atoms with van der Waals surface area (Å²) in [5.41, 5.74) is 7.06. The number of carboxylic acid groups (broad SMARTS) is 1. The molecule has 1 fully saturated rings. The van der Waals surface area contributed by atoms with E-state index in [2.05, 4.69) is 4.90 Å². The maximum Gasteiger partial charge on any atom is 0.325 e. The molecule has 0 radical (unpaired) electrons. The van der Waals surface area contributed by atoms with Crippen molar-refractivity contribution < 1.29 is 14.6 Å². The molecular formula is C14H20N2O3. The molecule has 0 aromatic heterocycles. The van der Waals surface area contributed by atoms with Gasteiger partial charge in [0.15, 0.2) is 0 Å². The number of methoxy groups -OCH3 is 1. The molecule has 1 aliphatic rings. The minimum absolute atomic E-state index is 0.405. The molecule has 5 heteroatoms. The van der Waals surface area contributed by atoms with Crippen LogP contribution in [0, 0.1) is 0 Å². The molecule has 0 saturated carbocycles. The van der Waals surface area contributed by atoms with Crippen molar-refractivity contribution >= 4 is 5.97 Å². The van der Waals surface area contributed by atoms with Gasteiger partial charge in [0, 0.05) is 26.7 Å². The maximum atomic E-state index is 11.1. The highest BCUT2D eigenvalue weighted by molar-refractivity contribution is 5.79. The Morgan fingerprint density at radius 3 is 2.58 bits per heavy atom. The van der Waals surface area contributed by atoms with Gasteiger partial charge in [-0.2, -0.15) is 0 Å². The summed E-state index contributed by atoms with van der Waals surface area (Å²) >= 11 is 0. The Morgan fingerprint density at radius 1 is 1.42 bits per heavy atom. The smallest absolute Gasteiger partial charge is 0.325 e. The first kappa shape index (κ1) is 14.0. The summed E-state index contributed by atoms with van der Waals surface area (Å²) in [6, 6.07) is 8.15. The van der Waals surface area contributed by atoms with Crippen molar-refractivity contribution in [3.8, 4) is 0 Å². The fraction of sp³-hybridized carbons (Fsp3) is 0.500. The van der Waals surface area contributed by atoms with Crippen molar-refractivity contribution in [1.29, 1.82) is 0 Å². The maximum absolute atomic E-state index is 11.1. The highest BCUT2D eigenvalue weighted by atomic mass is 16.5. The summed E-state index contributed by atoms with van der Waals surface area (Å²) in [7, 11) is 1.67. The largest absolute Gasteiger partial charge is 0.480 e. The summed E-state index contributed by atoms with van der Waals surface area (Å²) in [6.07, 6.45) is 0.504. The molecule has 3 N–H and O–H groups in total. The van der Waals surface area contributed by atoms with E-state index >= 15 is 0 Å². The Morgan fingerprint density at radius 2 is 2.05 bits per heavy atom. The van der Waals surface area contributed by atoms with Gasteiger partial charge in [-0.05, 0) is 17.5 Å². The fourth-order valence-electron chi connectivity index (χ4n) is 2.39. The quantitative estimate of drug-likeness (QED) is 0.823. The van der Waals surface area contributed by atoms with Crippen molar-refractivity contribution in [2.45, 2.75) is 25.1 Å². The highest BCUT2D eigenvalue weighted by Crippen LogP contribution is 2.21. The molecule has 5 nitrogen and oxygen atoms in total. The number of nitrogens with zero attached hydrogens (tertiary/aromatic N) is 1. The van der Waals surface area contributed by atoms with E-state index in [1.807, 2.05) is 24.3 Å². The van der Waals surface area contributed by atoms with Gasteiger partial charge in [0.2, 0.25) is 0 Å². The number of carbonyl (C=O) groups is 1. The van der Waals surface area contributed by atoms with Crippen molar-refractivity contribution in [2.24, 2.45) is 5.73 Å². The Kier molecular flexibility index (Phi) is 4.19. The summed E-state index contributed by atoms with van der Waals surface area (Å²) in [4.78, 5) is 13.2. The molecule has 1 unspecified atom stereocenters. The van der Waals surface area contributed by atoms with Gasteiger partial charge in [-0.1, -0.05) is 24.3 Å². The van der Waals surface area contributed by atoms with E-state index in [1.165, 1.54) is 0 Å². The van der Waals surface area contributed by atoms with Gasteiger partial charge in [0.1, 0.15) is 5.54 Å². The van der Waals surface area contributed by atoms with Gasteiger partial charge in [-0.25, -0.2) is 0 Å². The first-order chi connectivity index (χ1) is 9.03. The second-order valence-corrected chi connectivity index (χ2v) is 5.17. The van der Waals surface area contributed by atoms with Crippen LogP contribution in [0.1, 0.15) is 17.5 Å². The lowest BCUT2D eigenvalue weighted by Gasteiger charge is -2.20. The van der Waals surface area contributed by atoms with Crippen LogP contribution in [-0.4, -0.2) is 41.7 Å². The molecule has 0 bridgehead atoms. The summed E-state index contributed by atoms with van der Waals surface area (Å²) < 4.78 is 5.06. The monoisotopic (exact) mass is 264 g/mol. The molecule has 1 aliphatic heterocycles. The molecule has 1 atom stereocenters. The van der Waals surface area contributed by atoms with Crippen LogP contribution < -0.4 is 5.73 Å². The van der Waals surface area contributed by atoms with Crippen LogP contribution in [0.25, 0.3) is 0 Å². The van der Waals surface area contributed by atoms with E-state index in [0.717, 1.165) is 24.2 Å². The third-order valence-corrected chi connectivity index (χ3v) is 3.55. The van der Waals surface area contributed by atoms with E-state index in [1.54, 1.807) is 7.11 Å². The van der Waals surface area contributed by atoms with Crippen LogP contribution in [0.2, 0.25) is 0 Å². The van der Waals surface area contributed by atoms with Gasteiger partial charge in [-0.3, -0.25) is 9.69 Å². The topological polar surface area (TPSA) is 75.8 Å². The molecule has 104 valence electrons. The highest BCUT2D eigenvalue weighted by Gasteiger charge is 2.40. The number of rotatable bonds is 5. The van der Waals surface area contributed by atoms with Gasteiger partial charge in [-0.15, -0.1) is 0 Å². The van der Waals surface area contributed by atoms with E-state index in [0.29, 0.717) is 19.6 Å². The first-order valence-corrected chi connectivity index (χ1v) is 6.35. The van der Waals surface area contributed by atoms with E-state index in [4.69, 9.17) is 15.6 Å². The van der Waals surface area contributed by atoms with Crippen LogP contribution in [0.4, 0.5) is 0 Å². The number of ether oxygens (including phenoxy) is 1. The van der Waals surface area contributed by atoms with E-state index in [9.17, 15) is 4.79 Å².